The molecule has 1 atom stereocenters. The van der Waals surface area contributed by atoms with Crippen molar-refractivity contribution in [2.75, 3.05) is 6.54 Å². The van der Waals surface area contributed by atoms with Crippen molar-refractivity contribution in [2.45, 2.75) is 32.7 Å². The largest absolute Gasteiger partial charge is 0.310 e. The minimum atomic E-state index is 0.349. The zero-order valence-corrected chi connectivity index (χ0v) is 9.51. The standard InChI is InChI=1S/C11H17ClN2/c1-3-4-6-13-9(2)10-5-7-14-11(12)8-10/h5,7-9,13H,3-4,6H2,1-2H3. The van der Waals surface area contributed by atoms with Crippen LogP contribution in [0.25, 0.3) is 0 Å². The second-order valence-electron chi connectivity index (χ2n) is 3.44. The molecule has 78 valence electrons. The first-order chi connectivity index (χ1) is 6.74. The van der Waals surface area contributed by atoms with E-state index in [0.717, 1.165) is 6.54 Å². The van der Waals surface area contributed by atoms with E-state index >= 15 is 0 Å². The summed E-state index contributed by atoms with van der Waals surface area (Å²) >= 11 is 5.81. The Bertz CT molecular complexity index is 276. The van der Waals surface area contributed by atoms with Gasteiger partial charge in [0.2, 0.25) is 0 Å². The lowest BCUT2D eigenvalue weighted by Crippen LogP contribution is -2.19. The third-order valence-electron chi connectivity index (χ3n) is 2.23. The summed E-state index contributed by atoms with van der Waals surface area (Å²) in [4.78, 5) is 3.96. The number of rotatable bonds is 5. The van der Waals surface area contributed by atoms with Crippen molar-refractivity contribution in [3.05, 3.63) is 29.0 Å². The van der Waals surface area contributed by atoms with Gasteiger partial charge in [0.25, 0.3) is 0 Å². The average molecular weight is 213 g/mol. The summed E-state index contributed by atoms with van der Waals surface area (Å²) in [6.07, 6.45) is 4.18. The third-order valence-corrected chi connectivity index (χ3v) is 2.44. The summed E-state index contributed by atoms with van der Waals surface area (Å²) in [5, 5.41) is 4.00. The van der Waals surface area contributed by atoms with Gasteiger partial charge in [-0.2, -0.15) is 0 Å². The van der Waals surface area contributed by atoms with E-state index in [9.17, 15) is 0 Å². The van der Waals surface area contributed by atoms with Gasteiger partial charge < -0.3 is 5.32 Å². The summed E-state index contributed by atoms with van der Waals surface area (Å²) in [6.45, 7) is 5.38. The molecule has 0 spiro atoms. The minimum absolute atomic E-state index is 0.349. The molecule has 1 aromatic rings. The van der Waals surface area contributed by atoms with Crippen LogP contribution in [-0.4, -0.2) is 11.5 Å². The van der Waals surface area contributed by atoms with Gasteiger partial charge in [-0.3, -0.25) is 0 Å². The highest BCUT2D eigenvalue weighted by Crippen LogP contribution is 2.14. The Morgan fingerprint density at radius 2 is 2.36 bits per heavy atom. The van der Waals surface area contributed by atoms with Gasteiger partial charge in [0, 0.05) is 12.2 Å². The molecule has 14 heavy (non-hydrogen) atoms. The molecule has 1 N–H and O–H groups in total. The van der Waals surface area contributed by atoms with Gasteiger partial charge >= 0.3 is 0 Å². The van der Waals surface area contributed by atoms with E-state index in [1.807, 2.05) is 12.1 Å². The van der Waals surface area contributed by atoms with Crippen molar-refractivity contribution in [1.29, 1.82) is 0 Å². The Labute approximate surface area is 90.7 Å². The molecule has 0 fully saturated rings. The Balaban J connectivity index is 2.47. The van der Waals surface area contributed by atoms with E-state index < -0.39 is 0 Å². The number of unbranched alkanes of at least 4 members (excludes halogenated alkanes) is 1. The lowest BCUT2D eigenvalue weighted by Gasteiger charge is -2.13. The van der Waals surface area contributed by atoms with E-state index in [2.05, 4.69) is 24.1 Å². The predicted molar refractivity (Wildman–Crippen MR) is 60.6 cm³/mol. The monoisotopic (exact) mass is 212 g/mol. The van der Waals surface area contributed by atoms with Crippen LogP contribution in [-0.2, 0) is 0 Å². The zero-order valence-electron chi connectivity index (χ0n) is 8.76. The fraction of sp³-hybridized carbons (Fsp3) is 0.545. The summed E-state index contributed by atoms with van der Waals surface area (Å²) in [6, 6.07) is 4.25. The molecule has 3 heteroatoms. The fourth-order valence-electron chi connectivity index (χ4n) is 1.30. The van der Waals surface area contributed by atoms with Gasteiger partial charge in [-0.1, -0.05) is 24.9 Å². The summed E-state index contributed by atoms with van der Waals surface area (Å²) in [5.41, 5.74) is 1.20. The van der Waals surface area contributed by atoms with Gasteiger partial charge in [-0.05, 0) is 37.6 Å². The molecular weight excluding hydrogens is 196 g/mol. The first-order valence-corrected chi connectivity index (χ1v) is 5.46. The number of nitrogens with one attached hydrogen (secondary N) is 1. The molecule has 0 bridgehead atoms. The normalized spacial score (nSPS) is 12.8. The van der Waals surface area contributed by atoms with Crippen molar-refractivity contribution >= 4 is 11.6 Å². The van der Waals surface area contributed by atoms with Gasteiger partial charge in [-0.15, -0.1) is 0 Å². The minimum Gasteiger partial charge on any atom is -0.310 e. The molecule has 1 unspecified atom stereocenters. The van der Waals surface area contributed by atoms with Crippen molar-refractivity contribution in [3.8, 4) is 0 Å². The lowest BCUT2D eigenvalue weighted by molar-refractivity contribution is 0.554. The predicted octanol–water partition coefficient (Wildman–Crippen LogP) is 3.19. The quantitative estimate of drug-likeness (QED) is 0.599. The molecule has 1 aromatic heterocycles. The second-order valence-corrected chi connectivity index (χ2v) is 3.83. The second kappa shape index (κ2) is 5.99. The highest BCUT2D eigenvalue weighted by molar-refractivity contribution is 6.29. The van der Waals surface area contributed by atoms with Gasteiger partial charge in [0.15, 0.2) is 0 Å². The van der Waals surface area contributed by atoms with Crippen LogP contribution in [0.2, 0.25) is 5.15 Å². The molecule has 0 radical (unpaired) electrons. The molecule has 0 aliphatic rings. The van der Waals surface area contributed by atoms with Crippen LogP contribution in [0.5, 0.6) is 0 Å². The summed E-state index contributed by atoms with van der Waals surface area (Å²) < 4.78 is 0. The zero-order chi connectivity index (χ0) is 10.4. The van der Waals surface area contributed by atoms with Crippen LogP contribution in [0.1, 0.15) is 38.3 Å². The van der Waals surface area contributed by atoms with Crippen molar-refractivity contribution in [1.82, 2.24) is 10.3 Å². The molecular formula is C11H17ClN2. The van der Waals surface area contributed by atoms with E-state index in [4.69, 9.17) is 11.6 Å². The molecule has 2 nitrogen and oxygen atoms in total. The number of hydrogen-bond acceptors (Lipinski definition) is 2. The molecule has 0 aliphatic heterocycles. The summed E-state index contributed by atoms with van der Waals surface area (Å²) in [7, 11) is 0. The van der Waals surface area contributed by atoms with Crippen molar-refractivity contribution < 1.29 is 0 Å². The lowest BCUT2D eigenvalue weighted by atomic mass is 10.1. The number of halogens is 1. The topological polar surface area (TPSA) is 24.9 Å². The molecule has 1 heterocycles. The Hall–Kier alpha value is -0.600. The molecule has 0 saturated heterocycles. The average Bonchev–Trinajstić information content (AvgIpc) is 2.18. The van der Waals surface area contributed by atoms with E-state index in [1.54, 1.807) is 6.20 Å². The fourth-order valence-corrected chi connectivity index (χ4v) is 1.48. The summed E-state index contributed by atoms with van der Waals surface area (Å²) in [5.74, 6) is 0. The molecule has 0 amide bonds. The van der Waals surface area contributed by atoms with Crippen molar-refractivity contribution in [2.24, 2.45) is 0 Å². The van der Waals surface area contributed by atoms with E-state index in [1.165, 1.54) is 18.4 Å². The van der Waals surface area contributed by atoms with Crippen LogP contribution in [0, 0.1) is 0 Å². The third kappa shape index (κ3) is 3.64. The van der Waals surface area contributed by atoms with Crippen LogP contribution >= 0.6 is 11.6 Å². The SMILES string of the molecule is CCCCNC(C)c1ccnc(Cl)c1. The first kappa shape index (κ1) is 11.5. The van der Waals surface area contributed by atoms with E-state index in [-0.39, 0.29) is 0 Å². The Morgan fingerprint density at radius 1 is 1.57 bits per heavy atom. The van der Waals surface area contributed by atoms with Gasteiger partial charge in [0.05, 0.1) is 0 Å². The molecule has 0 saturated carbocycles. The van der Waals surface area contributed by atoms with E-state index in [0.29, 0.717) is 11.2 Å². The Kier molecular flexibility index (Phi) is 4.91. The number of aromatic nitrogens is 1. The first-order valence-electron chi connectivity index (χ1n) is 5.09. The Morgan fingerprint density at radius 3 is 3.00 bits per heavy atom. The highest BCUT2D eigenvalue weighted by Gasteiger charge is 2.04. The number of pyridine rings is 1. The number of nitrogens with zero attached hydrogens (tertiary/aromatic N) is 1. The van der Waals surface area contributed by atoms with Crippen LogP contribution < -0.4 is 5.32 Å². The maximum atomic E-state index is 5.81. The molecule has 1 rings (SSSR count). The highest BCUT2D eigenvalue weighted by atomic mass is 35.5. The maximum Gasteiger partial charge on any atom is 0.129 e. The molecule has 0 aliphatic carbocycles. The smallest absolute Gasteiger partial charge is 0.129 e. The van der Waals surface area contributed by atoms with Crippen molar-refractivity contribution in [3.63, 3.8) is 0 Å². The number of hydrogen-bond donors (Lipinski definition) is 1. The maximum absolute atomic E-state index is 5.81. The van der Waals surface area contributed by atoms with Gasteiger partial charge in [-0.25, -0.2) is 4.98 Å². The molecule has 0 aromatic carbocycles. The van der Waals surface area contributed by atoms with Gasteiger partial charge in [0.1, 0.15) is 5.15 Å². The van der Waals surface area contributed by atoms with Crippen LogP contribution in [0.4, 0.5) is 0 Å². The van der Waals surface area contributed by atoms with Crippen LogP contribution in [0.3, 0.4) is 0 Å². The van der Waals surface area contributed by atoms with Crippen LogP contribution in [0.15, 0.2) is 18.3 Å².